The number of rotatable bonds is 4. The average Bonchev–Trinajstić information content (AvgIpc) is 2.90. The fourth-order valence-electron chi connectivity index (χ4n) is 2.03. The minimum atomic E-state index is -4.41. The van der Waals surface area contributed by atoms with Crippen molar-refractivity contribution in [3.8, 4) is 0 Å². The van der Waals surface area contributed by atoms with E-state index in [-0.39, 0.29) is 11.6 Å². The van der Waals surface area contributed by atoms with E-state index in [9.17, 15) is 18.0 Å². The second-order valence-electron chi connectivity index (χ2n) is 4.96. The number of nitrogens with one attached hydrogen (secondary N) is 2. The lowest BCUT2D eigenvalue weighted by Gasteiger charge is -2.15. The molecule has 1 amide bonds. The van der Waals surface area contributed by atoms with Crippen LogP contribution in [0, 0.1) is 6.92 Å². The molecule has 7 heteroatoms. The monoisotopic (exact) mass is 311 g/mol. The van der Waals surface area contributed by atoms with Gasteiger partial charge in [-0.2, -0.15) is 13.2 Å². The molecule has 22 heavy (non-hydrogen) atoms. The van der Waals surface area contributed by atoms with Gasteiger partial charge in [-0.3, -0.25) is 4.79 Å². The first-order valence-electron chi connectivity index (χ1n) is 6.81. The van der Waals surface area contributed by atoms with E-state index >= 15 is 0 Å². The van der Waals surface area contributed by atoms with Crippen LogP contribution in [0.3, 0.4) is 0 Å². The summed E-state index contributed by atoms with van der Waals surface area (Å²) >= 11 is 0. The Bertz CT molecular complexity index is 647. The Hall–Kier alpha value is -2.31. The molecule has 2 aromatic rings. The largest absolute Gasteiger partial charge is 0.416 e. The van der Waals surface area contributed by atoms with E-state index in [1.165, 1.54) is 0 Å². The Morgan fingerprint density at radius 2 is 1.95 bits per heavy atom. The lowest BCUT2D eigenvalue weighted by Crippen LogP contribution is -2.29. The lowest BCUT2D eigenvalue weighted by molar-refractivity contribution is -0.137. The first-order chi connectivity index (χ1) is 10.3. The second kappa shape index (κ2) is 6.21. The van der Waals surface area contributed by atoms with Gasteiger partial charge in [0.1, 0.15) is 5.82 Å². The van der Waals surface area contributed by atoms with Crippen molar-refractivity contribution >= 4 is 5.91 Å². The summed E-state index contributed by atoms with van der Waals surface area (Å²) in [6.07, 6.45) is -2.14. The van der Waals surface area contributed by atoms with E-state index in [0.717, 1.165) is 30.0 Å². The van der Waals surface area contributed by atoms with Gasteiger partial charge >= 0.3 is 6.18 Å². The van der Waals surface area contributed by atoms with Gasteiger partial charge in [-0.25, -0.2) is 4.98 Å². The van der Waals surface area contributed by atoms with E-state index in [1.807, 2.05) is 13.8 Å². The maximum Gasteiger partial charge on any atom is 0.416 e. The zero-order valence-electron chi connectivity index (χ0n) is 12.2. The molecule has 0 aliphatic carbocycles. The molecule has 4 nitrogen and oxygen atoms in total. The Balaban J connectivity index is 2.11. The van der Waals surface area contributed by atoms with E-state index in [4.69, 9.17) is 0 Å². The van der Waals surface area contributed by atoms with Crippen LogP contribution in [0.15, 0.2) is 30.5 Å². The van der Waals surface area contributed by atoms with Gasteiger partial charge < -0.3 is 10.3 Å². The number of carbonyl (C=O) groups is 1. The minimum absolute atomic E-state index is 0.176. The molecule has 1 heterocycles. The van der Waals surface area contributed by atoms with Gasteiger partial charge in [-0.05, 0) is 37.6 Å². The van der Waals surface area contributed by atoms with Gasteiger partial charge in [0.05, 0.1) is 11.6 Å². The van der Waals surface area contributed by atoms with Crippen LogP contribution < -0.4 is 5.32 Å². The summed E-state index contributed by atoms with van der Waals surface area (Å²) in [6, 6.07) is 3.81. The molecule has 0 saturated heterocycles. The van der Waals surface area contributed by atoms with Gasteiger partial charge in [0.2, 0.25) is 0 Å². The molecule has 0 bridgehead atoms. The number of amides is 1. The van der Waals surface area contributed by atoms with E-state index in [0.29, 0.717) is 12.2 Å². The van der Waals surface area contributed by atoms with Crippen molar-refractivity contribution in [3.05, 3.63) is 53.1 Å². The average molecular weight is 311 g/mol. The zero-order valence-corrected chi connectivity index (χ0v) is 12.2. The molecule has 2 rings (SSSR count). The molecule has 0 radical (unpaired) electrons. The summed E-state index contributed by atoms with van der Waals surface area (Å²) in [6.45, 7) is 3.73. The Kier molecular flexibility index (Phi) is 4.54. The summed E-state index contributed by atoms with van der Waals surface area (Å²) in [5.41, 5.74) is 0.268. The highest BCUT2D eigenvalue weighted by Crippen LogP contribution is 2.29. The van der Waals surface area contributed by atoms with Crippen LogP contribution in [0.5, 0.6) is 0 Å². The number of hydrogen-bond donors (Lipinski definition) is 2. The summed E-state index contributed by atoms with van der Waals surface area (Å²) in [5, 5.41) is 2.76. The molecule has 2 N–H and O–H groups in total. The number of aromatic nitrogens is 2. The molecular weight excluding hydrogens is 295 g/mol. The van der Waals surface area contributed by atoms with Gasteiger partial charge in [-0.1, -0.05) is 6.92 Å². The number of aromatic amines is 1. The maximum atomic E-state index is 12.5. The fourth-order valence-corrected chi connectivity index (χ4v) is 2.03. The van der Waals surface area contributed by atoms with Crippen LogP contribution in [0.2, 0.25) is 0 Å². The molecule has 0 saturated carbocycles. The number of imidazole rings is 1. The minimum Gasteiger partial charge on any atom is -0.344 e. The van der Waals surface area contributed by atoms with Crippen molar-refractivity contribution in [2.24, 2.45) is 0 Å². The number of nitrogens with zero attached hydrogens (tertiary/aromatic N) is 1. The molecule has 1 atom stereocenters. The third-order valence-corrected chi connectivity index (χ3v) is 3.24. The highest BCUT2D eigenvalue weighted by molar-refractivity contribution is 5.94. The highest BCUT2D eigenvalue weighted by Gasteiger charge is 2.30. The van der Waals surface area contributed by atoms with Gasteiger partial charge in [-0.15, -0.1) is 0 Å². The summed E-state index contributed by atoms with van der Waals surface area (Å²) in [5.74, 6) is 0.190. The number of H-pyrrole nitrogens is 1. The first-order valence-corrected chi connectivity index (χ1v) is 6.81. The quantitative estimate of drug-likeness (QED) is 0.906. The van der Waals surface area contributed by atoms with Crippen molar-refractivity contribution in [2.45, 2.75) is 32.5 Å². The molecule has 1 unspecified atom stereocenters. The Morgan fingerprint density at radius 3 is 2.41 bits per heavy atom. The predicted octanol–water partition coefficient (Wildman–Crippen LogP) is 3.62. The molecule has 0 spiro atoms. The molecule has 0 fully saturated rings. The summed E-state index contributed by atoms with van der Waals surface area (Å²) in [7, 11) is 0. The third-order valence-electron chi connectivity index (χ3n) is 3.24. The molecule has 1 aromatic carbocycles. The van der Waals surface area contributed by atoms with Crippen molar-refractivity contribution in [2.75, 3.05) is 0 Å². The van der Waals surface area contributed by atoms with Crippen LogP contribution in [-0.4, -0.2) is 15.9 Å². The Morgan fingerprint density at radius 1 is 1.32 bits per heavy atom. The number of benzene rings is 1. The van der Waals surface area contributed by atoms with E-state index in [1.54, 1.807) is 6.20 Å². The molecule has 1 aromatic heterocycles. The van der Waals surface area contributed by atoms with Crippen molar-refractivity contribution in [1.82, 2.24) is 15.3 Å². The first kappa shape index (κ1) is 16.1. The predicted molar refractivity (Wildman–Crippen MR) is 75.3 cm³/mol. The maximum absolute atomic E-state index is 12.5. The fraction of sp³-hybridized carbons (Fsp3) is 0.333. The van der Waals surface area contributed by atoms with E-state index in [2.05, 4.69) is 15.3 Å². The summed E-state index contributed by atoms with van der Waals surface area (Å²) in [4.78, 5) is 19.3. The number of hydrogen-bond acceptors (Lipinski definition) is 2. The standard InChI is InChI=1S/C15H16F3N3O/c1-3-12(13-19-8-9(2)20-13)21-14(22)10-4-6-11(7-5-10)15(16,17)18/h4-8,12H,3H2,1-2H3,(H,19,20)(H,21,22). The smallest absolute Gasteiger partial charge is 0.344 e. The van der Waals surface area contributed by atoms with Gasteiger partial charge in [0.15, 0.2) is 0 Å². The van der Waals surface area contributed by atoms with Crippen LogP contribution in [0.1, 0.15) is 46.8 Å². The lowest BCUT2D eigenvalue weighted by atomic mass is 10.1. The molecule has 0 aliphatic rings. The van der Waals surface area contributed by atoms with Crippen LogP contribution in [-0.2, 0) is 6.18 Å². The molecule has 0 aliphatic heterocycles. The zero-order chi connectivity index (χ0) is 16.3. The normalized spacial score (nSPS) is 13.0. The Labute approximate surface area is 125 Å². The molecular formula is C15H16F3N3O. The van der Waals surface area contributed by atoms with Crippen molar-refractivity contribution in [3.63, 3.8) is 0 Å². The third kappa shape index (κ3) is 3.66. The number of carbonyl (C=O) groups excluding carboxylic acids is 1. The van der Waals surface area contributed by atoms with Gasteiger partial charge in [0, 0.05) is 17.5 Å². The number of alkyl halides is 3. The van der Waals surface area contributed by atoms with Crippen LogP contribution >= 0.6 is 0 Å². The van der Waals surface area contributed by atoms with Crippen LogP contribution in [0.4, 0.5) is 13.2 Å². The van der Waals surface area contributed by atoms with Crippen LogP contribution in [0.25, 0.3) is 0 Å². The highest BCUT2D eigenvalue weighted by atomic mass is 19.4. The topological polar surface area (TPSA) is 57.8 Å². The number of aryl methyl sites for hydroxylation is 1. The summed E-state index contributed by atoms with van der Waals surface area (Å²) < 4.78 is 37.5. The number of halogens is 3. The van der Waals surface area contributed by atoms with Crippen molar-refractivity contribution in [1.29, 1.82) is 0 Å². The second-order valence-corrected chi connectivity index (χ2v) is 4.96. The van der Waals surface area contributed by atoms with E-state index < -0.39 is 17.6 Å². The van der Waals surface area contributed by atoms with Gasteiger partial charge in [0.25, 0.3) is 5.91 Å². The SMILES string of the molecule is CCC(NC(=O)c1ccc(C(F)(F)F)cc1)c1ncc(C)[nH]1. The van der Waals surface area contributed by atoms with Crippen molar-refractivity contribution < 1.29 is 18.0 Å². The molecule has 118 valence electrons.